The minimum Gasteiger partial charge on any atom is -0.371 e. The quantitative estimate of drug-likeness (QED) is 0.534. The third-order valence-corrected chi connectivity index (χ3v) is 5.65. The molecule has 1 aliphatic rings. The number of rotatable bonds is 10. The van der Waals surface area contributed by atoms with Crippen molar-refractivity contribution in [3.05, 3.63) is 53.9 Å². The van der Waals surface area contributed by atoms with Gasteiger partial charge in [0.15, 0.2) is 0 Å². The fourth-order valence-corrected chi connectivity index (χ4v) is 3.92. The molecule has 0 bridgehead atoms. The van der Waals surface area contributed by atoms with Crippen LogP contribution in [-0.2, 0) is 11.3 Å². The number of nitrogens with zero attached hydrogens (tertiary/aromatic N) is 2. The Morgan fingerprint density at radius 3 is 2.65 bits per heavy atom. The van der Waals surface area contributed by atoms with E-state index < -0.39 is 0 Å². The number of benzene rings is 1. The second-order valence-corrected chi connectivity index (χ2v) is 8.18. The predicted octanol–water partition coefficient (Wildman–Crippen LogP) is 4.91. The third-order valence-electron chi connectivity index (χ3n) is 5.65. The van der Waals surface area contributed by atoms with Crippen LogP contribution < -0.4 is 15.5 Å². The van der Waals surface area contributed by atoms with E-state index in [4.69, 9.17) is 0 Å². The lowest BCUT2D eigenvalue weighted by Crippen LogP contribution is -2.32. The molecular weight excluding hydrogens is 388 g/mol. The molecule has 0 spiro atoms. The Kier molecular flexibility index (Phi) is 8.88. The molecule has 0 saturated carbocycles. The summed E-state index contributed by atoms with van der Waals surface area (Å²) in [6.45, 7) is 4.48. The first-order chi connectivity index (χ1) is 15.2. The number of amides is 2. The van der Waals surface area contributed by atoms with E-state index >= 15 is 0 Å². The fourth-order valence-electron chi connectivity index (χ4n) is 3.92. The largest absolute Gasteiger partial charge is 0.371 e. The minimum absolute atomic E-state index is 0.00328. The molecular formula is C25H34N4O2. The molecule has 0 aliphatic carbocycles. The van der Waals surface area contributed by atoms with Crippen molar-refractivity contribution in [2.75, 3.05) is 23.3 Å². The summed E-state index contributed by atoms with van der Waals surface area (Å²) in [6, 6.07) is 9.49. The number of nitrogens with one attached hydrogen (secondary N) is 2. The van der Waals surface area contributed by atoms with Crippen molar-refractivity contribution >= 4 is 23.2 Å². The van der Waals surface area contributed by atoms with Crippen LogP contribution in [-0.4, -0.2) is 29.9 Å². The van der Waals surface area contributed by atoms with Crippen molar-refractivity contribution in [1.82, 2.24) is 10.3 Å². The smallest absolute Gasteiger partial charge is 0.253 e. The summed E-state index contributed by atoms with van der Waals surface area (Å²) in [4.78, 5) is 31.8. The van der Waals surface area contributed by atoms with Gasteiger partial charge in [0.2, 0.25) is 5.91 Å². The van der Waals surface area contributed by atoms with E-state index in [1.54, 1.807) is 12.4 Å². The number of carbonyl (C=O) groups is 2. The number of piperidine rings is 1. The van der Waals surface area contributed by atoms with Gasteiger partial charge in [-0.2, -0.15) is 0 Å². The summed E-state index contributed by atoms with van der Waals surface area (Å²) in [5.41, 5.74) is 3.17. The van der Waals surface area contributed by atoms with Gasteiger partial charge < -0.3 is 15.5 Å². The molecule has 2 amide bonds. The first-order valence-electron chi connectivity index (χ1n) is 11.5. The number of unbranched alkanes of at least 4 members (excludes halogenated alkanes) is 3. The number of aromatic nitrogens is 1. The van der Waals surface area contributed by atoms with Gasteiger partial charge in [0.05, 0.1) is 5.56 Å². The Balaban J connectivity index is 1.71. The number of pyridine rings is 1. The highest BCUT2D eigenvalue weighted by Crippen LogP contribution is 2.27. The summed E-state index contributed by atoms with van der Waals surface area (Å²) < 4.78 is 0. The van der Waals surface area contributed by atoms with Crippen LogP contribution in [0.3, 0.4) is 0 Å². The van der Waals surface area contributed by atoms with Crippen LogP contribution in [0.4, 0.5) is 11.4 Å². The van der Waals surface area contributed by atoms with Crippen LogP contribution in [0, 0.1) is 0 Å². The normalized spacial score (nSPS) is 13.6. The van der Waals surface area contributed by atoms with Gasteiger partial charge in [0, 0.05) is 49.8 Å². The van der Waals surface area contributed by atoms with Crippen molar-refractivity contribution in [2.24, 2.45) is 0 Å². The Labute approximate surface area is 185 Å². The average molecular weight is 423 g/mol. The second kappa shape index (κ2) is 12.1. The van der Waals surface area contributed by atoms with Crippen LogP contribution >= 0.6 is 0 Å². The van der Waals surface area contributed by atoms with E-state index in [0.29, 0.717) is 24.2 Å². The highest BCUT2D eigenvalue weighted by Gasteiger charge is 2.19. The molecule has 0 atom stereocenters. The van der Waals surface area contributed by atoms with Crippen molar-refractivity contribution < 1.29 is 9.59 Å². The van der Waals surface area contributed by atoms with Crippen molar-refractivity contribution in [3.63, 3.8) is 0 Å². The monoisotopic (exact) mass is 422 g/mol. The molecule has 3 rings (SSSR count). The number of carbonyl (C=O) groups excluding carboxylic acids is 2. The lowest BCUT2D eigenvalue weighted by molar-refractivity contribution is -0.116. The Morgan fingerprint density at radius 1 is 1.06 bits per heavy atom. The highest BCUT2D eigenvalue weighted by molar-refractivity contribution is 6.02. The van der Waals surface area contributed by atoms with Crippen LogP contribution in [0.2, 0.25) is 0 Å². The summed E-state index contributed by atoms with van der Waals surface area (Å²) >= 11 is 0. The summed E-state index contributed by atoms with van der Waals surface area (Å²) in [6.07, 6.45) is 11.7. The summed E-state index contributed by atoms with van der Waals surface area (Å²) in [7, 11) is 0. The van der Waals surface area contributed by atoms with Gasteiger partial charge in [-0.25, -0.2) is 0 Å². The zero-order valence-electron chi connectivity index (χ0n) is 18.5. The van der Waals surface area contributed by atoms with Gasteiger partial charge in [-0.05, 0) is 55.5 Å². The molecule has 1 aliphatic heterocycles. The van der Waals surface area contributed by atoms with Gasteiger partial charge >= 0.3 is 0 Å². The van der Waals surface area contributed by atoms with Gasteiger partial charge in [-0.3, -0.25) is 14.6 Å². The lowest BCUT2D eigenvalue weighted by atomic mass is 10.1. The van der Waals surface area contributed by atoms with Crippen molar-refractivity contribution in [3.8, 4) is 0 Å². The Hall–Kier alpha value is -2.89. The van der Waals surface area contributed by atoms with E-state index in [-0.39, 0.29) is 11.8 Å². The van der Waals surface area contributed by atoms with E-state index in [1.165, 1.54) is 6.42 Å². The molecule has 31 heavy (non-hydrogen) atoms. The molecule has 1 aromatic carbocycles. The fraction of sp³-hybridized carbons (Fsp3) is 0.480. The topological polar surface area (TPSA) is 74.3 Å². The maximum Gasteiger partial charge on any atom is 0.253 e. The van der Waals surface area contributed by atoms with Gasteiger partial charge in [-0.15, -0.1) is 0 Å². The maximum absolute atomic E-state index is 13.1. The number of hydrogen-bond acceptors (Lipinski definition) is 4. The molecule has 1 fully saturated rings. The molecule has 0 radical (unpaired) electrons. The van der Waals surface area contributed by atoms with Crippen LogP contribution in [0.15, 0.2) is 42.7 Å². The third kappa shape index (κ3) is 7.09. The second-order valence-electron chi connectivity index (χ2n) is 8.18. The first kappa shape index (κ1) is 22.8. The highest BCUT2D eigenvalue weighted by atomic mass is 16.2. The molecule has 0 unspecified atom stereocenters. The van der Waals surface area contributed by atoms with E-state index in [9.17, 15) is 9.59 Å². The van der Waals surface area contributed by atoms with E-state index in [0.717, 1.165) is 62.9 Å². The molecule has 166 valence electrons. The molecule has 6 heteroatoms. The van der Waals surface area contributed by atoms with E-state index in [2.05, 4.69) is 27.4 Å². The standard InChI is InChI=1S/C25H34N4O2/c1-2-3-4-6-11-24(30)28-21-12-13-23(29-15-7-5-8-16-29)22(17-21)25(31)27-19-20-10-9-14-26-18-20/h9-10,12-14,17-18H,2-8,11,15-16,19H2,1H3,(H,27,31)(H,28,30). The first-order valence-corrected chi connectivity index (χ1v) is 11.5. The van der Waals surface area contributed by atoms with Gasteiger partial charge in [0.25, 0.3) is 5.91 Å². The Morgan fingerprint density at radius 2 is 1.90 bits per heavy atom. The molecule has 6 nitrogen and oxygen atoms in total. The minimum atomic E-state index is -0.136. The molecule has 2 N–H and O–H groups in total. The zero-order valence-corrected chi connectivity index (χ0v) is 18.5. The summed E-state index contributed by atoms with van der Waals surface area (Å²) in [5, 5.41) is 5.98. The van der Waals surface area contributed by atoms with Crippen LogP contribution in [0.1, 0.15) is 74.2 Å². The maximum atomic E-state index is 13.1. The lowest BCUT2D eigenvalue weighted by Gasteiger charge is -2.30. The average Bonchev–Trinajstić information content (AvgIpc) is 2.81. The van der Waals surface area contributed by atoms with E-state index in [1.807, 2.05) is 30.3 Å². The molecule has 2 heterocycles. The van der Waals surface area contributed by atoms with Crippen molar-refractivity contribution in [2.45, 2.75) is 64.8 Å². The van der Waals surface area contributed by atoms with Crippen LogP contribution in [0.5, 0.6) is 0 Å². The number of hydrogen-bond donors (Lipinski definition) is 2. The molecule has 2 aromatic rings. The number of anilines is 2. The zero-order chi connectivity index (χ0) is 21.9. The Bertz CT molecular complexity index is 848. The molecule has 1 saturated heterocycles. The predicted molar refractivity (Wildman–Crippen MR) is 125 cm³/mol. The van der Waals surface area contributed by atoms with Crippen molar-refractivity contribution in [1.29, 1.82) is 0 Å². The van der Waals surface area contributed by atoms with Gasteiger partial charge in [-0.1, -0.05) is 32.3 Å². The van der Waals surface area contributed by atoms with Crippen LogP contribution in [0.25, 0.3) is 0 Å². The SMILES string of the molecule is CCCCCCC(=O)Nc1ccc(N2CCCCC2)c(C(=O)NCc2cccnc2)c1. The summed E-state index contributed by atoms with van der Waals surface area (Å²) in [5.74, 6) is -0.132. The molecule has 1 aromatic heterocycles. The van der Waals surface area contributed by atoms with Gasteiger partial charge in [0.1, 0.15) is 0 Å².